The first kappa shape index (κ1) is 17.2. The van der Waals surface area contributed by atoms with Crippen molar-refractivity contribution in [1.82, 2.24) is 5.32 Å². The summed E-state index contributed by atoms with van der Waals surface area (Å²) < 4.78 is 5.14. The molecule has 5 heteroatoms. The van der Waals surface area contributed by atoms with Gasteiger partial charge in [-0.2, -0.15) is 0 Å². The van der Waals surface area contributed by atoms with Gasteiger partial charge in [0, 0.05) is 18.5 Å². The quantitative estimate of drug-likeness (QED) is 0.822. The highest BCUT2D eigenvalue weighted by molar-refractivity contribution is 5.86. The summed E-state index contributed by atoms with van der Waals surface area (Å²) in [6.07, 6.45) is 4.16. The minimum Gasteiger partial charge on any atom is -0.497 e. The van der Waals surface area contributed by atoms with E-state index in [2.05, 4.69) is 10.3 Å². The van der Waals surface area contributed by atoms with Gasteiger partial charge in [-0.1, -0.05) is 19.9 Å². The number of methoxy groups -OCH3 is 1. The molecule has 23 heavy (non-hydrogen) atoms. The topological polar surface area (TPSA) is 67.8 Å². The van der Waals surface area contributed by atoms with E-state index in [1.165, 1.54) is 0 Å². The van der Waals surface area contributed by atoms with Crippen molar-refractivity contribution in [2.45, 2.75) is 33.1 Å². The molecule has 0 spiro atoms. The molecule has 5 nitrogen and oxygen atoms in total. The molecule has 0 aliphatic carbocycles. The molecule has 1 aliphatic rings. The third-order valence-electron chi connectivity index (χ3n) is 4.28. The van der Waals surface area contributed by atoms with Crippen LogP contribution in [0.3, 0.4) is 0 Å². The second-order valence-electron chi connectivity index (χ2n) is 5.74. The van der Waals surface area contributed by atoms with E-state index in [1.807, 2.05) is 32.1 Å². The van der Waals surface area contributed by atoms with Gasteiger partial charge in [-0.15, -0.1) is 0 Å². The van der Waals surface area contributed by atoms with Gasteiger partial charge in [0.25, 0.3) is 5.91 Å². The number of carbonyl (C=O) groups is 2. The van der Waals surface area contributed by atoms with Crippen molar-refractivity contribution >= 4 is 17.9 Å². The van der Waals surface area contributed by atoms with Crippen LogP contribution in [0.25, 0.3) is 6.08 Å². The van der Waals surface area contributed by atoms with E-state index in [1.54, 1.807) is 13.2 Å². The molecule has 1 aliphatic heterocycles. The second-order valence-corrected chi connectivity index (χ2v) is 5.74. The monoisotopic (exact) mass is 316 g/mol. The van der Waals surface area contributed by atoms with E-state index in [-0.39, 0.29) is 23.7 Å². The van der Waals surface area contributed by atoms with Gasteiger partial charge in [0.2, 0.25) is 5.91 Å². The second kappa shape index (κ2) is 7.90. The predicted octanol–water partition coefficient (Wildman–Crippen LogP) is 1.19. The number of rotatable bonds is 7. The molecule has 2 amide bonds. The molecule has 0 radical (unpaired) electrons. The summed E-state index contributed by atoms with van der Waals surface area (Å²) >= 11 is 0. The number of hydrogen-bond acceptors (Lipinski definition) is 3. The fourth-order valence-corrected chi connectivity index (χ4v) is 2.74. The van der Waals surface area contributed by atoms with Crippen molar-refractivity contribution in [3.8, 4) is 5.75 Å². The standard InChI is InChI=1S/C18H24N2O3/c1-4-12(5-2)17(21)19-9-8-14-10-13-6-7-15(23-3)11-16(13)20-18(14)22/h6-7,10-12,14H,4-5,8-9H2,1-3H3,(H,19,21). The smallest absolute Gasteiger partial charge is 0.253 e. The van der Waals surface area contributed by atoms with Gasteiger partial charge in [0.1, 0.15) is 5.75 Å². The van der Waals surface area contributed by atoms with Crippen molar-refractivity contribution in [3.63, 3.8) is 0 Å². The summed E-state index contributed by atoms with van der Waals surface area (Å²) in [7, 11) is 1.58. The minimum atomic E-state index is -0.280. The SMILES string of the molecule is CCC(CC)C(=O)NCCC1C=c2ccc(OC)cc2=NC1=O. The van der Waals surface area contributed by atoms with Gasteiger partial charge < -0.3 is 10.1 Å². The Morgan fingerprint density at radius 2 is 2.09 bits per heavy atom. The molecule has 0 saturated heterocycles. The Morgan fingerprint density at radius 3 is 2.74 bits per heavy atom. The zero-order valence-corrected chi connectivity index (χ0v) is 14.0. The lowest BCUT2D eigenvalue weighted by Crippen LogP contribution is -2.36. The fraction of sp³-hybridized carbons (Fsp3) is 0.500. The van der Waals surface area contributed by atoms with Crippen molar-refractivity contribution in [2.24, 2.45) is 16.8 Å². The zero-order valence-electron chi connectivity index (χ0n) is 14.0. The number of benzene rings is 1. The Labute approximate surface area is 136 Å². The van der Waals surface area contributed by atoms with Crippen LogP contribution in [-0.2, 0) is 9.59 Å². The van der Waals surface area contributed by atoms with Crippen LogP contribution in [0.4, 0.5) is 0 Å². The van der Waals surface area contributed by atoms with Crippen LogP contribution in [-0.4, -0.2) is 25.5 Å². The maximum Gasteiger partial charge on any atom is 0.253 e. The summed E-state index contributed by atoms with van der Waals surface area (Å²) in [5, 5.41) is 4.50. The highest BCUT2D eigenvalue weighted by Gasteiger charge is 2.19. The number of nitrogens with one attached hydrogen (secondary N) is 1. The summed E-state index contributed by atoms with van der Waals surface area (Å²) in [4.78, 5) is 28.2. The fourth-order valence-electron chi connectivity index (χ4n) is 2.74. The van der Waals surface area contributed by atoms with E-state index >= 15 is 0 Å². The molecule has 1 heterocycles. The van der Waals surface area contributed by atoms with Crippen LogP contribution in [0.2, 0.25) is 0 Å². The van der Waals surface area contributed by atoms with Crippen LogP contribution in [0, 0.1) is 11.8 Å². The zero-order chi connectivity index (χ0) is 16.8. The van der Waals surface area contributed by atoms with E-state index in [9.17, 15) is 9.59 Å². The Morgan fingerprint density at radius 1 is 1.35 bits per heavy atom. The minimum absolute atomic E-state index is 0.0546. The number of nitrogens with zero attached hydrogens (tertiary/aromatic N) is 1. The summed E-state index contributed by atoms with van der Waals surface area (Å²) in [6, 6.07) is 5.52. The predicted molar refractivity (Wildman–Crippen MR) is 88.4 cm³/mol. The molecule has 1 aromatic rings. The molecule has 1 atom stereocenters. The Kier molecular flexibility index (Phi) is 5.90. The third kappa shape index (κ3) is 4.18. The van der Waals surface area contributed by atoms with E-state index in [0.717, 1.165) is 18.1 Å². The Balaban J connectivity index is 2.00. The van der Waals surface area contributed by atoms with Gasteiger partial charge >= 0.3 is 0 Å². The van der Waals surface area contributed by atoms with Gasteiger partial charge in [-0.25, -0.2) is 4.99 Å². The number of hydrogen-bond donors (Lipinski definition) is 1. The van der Waals surface area contributed by atoms with Crippen LogP contribution in [0.1, 0.15) is 33.1 Å². The molecule has 0 saturated carbocycles. The third-order valence-corrected chi connectivity index (χ3v) is 4.28. The van der Waals surface area contributed by atoms with E-state index < -0.39 is 0 Å². The largest absolute Gasteiger partial charge is 0.497 e. The molecule has 2 rings (SSSR count). The highest BCUT2D eigenvalue weighted by atomic mass is 16.5. The molecule has 124 valence electrons. The van der Waals surface area contributed by atoms with Gasteiger partial charge in [0.05, 0.1) is 18.4 Å². The summed E-state index contributed by atoms with van der Waals surface area (Å²) in [6.45, 7) is 4.51. The van der Waals surface area contributed by atoms with Gasteiger partial charge in [0.15, 0.2) is 0 Å². The first-order valence-corrected chi connectivity index (χ1v) is 8.15. The maximum atomic E-state index is 12.1. The molecule has 0 aromatic heterocycles. The van der Waals surface area contributed by atoms with Crippen molar-refractivity contribution in [3.05, 3.63) is 28.8 Å². The number of fused-ring (bicyclic) bond motifs is 1. The molecule has 0 bridgehead atoms. The lowest BCUT2D eigenvalue weighted by Gasteiger charge is -2.15. The molecule has 1 unspecified atom stereocenters. The van der Waals surface area contributed by atoms with Gasteiger partial charge in [-0.05, 0) is 36.6 Å². The first-order valence-electron chi connectivity index (χ1n) is 8.15. The number of carbonyl (C=O) groups excluding carboxylic acids is 2. The van der Waals surface area contributed by atoms with E-state index in [4.69, 9.17) is 4.74 Å². The molecular formula is C18H24N2O3. The first-order chi connectivity index (χ1) is 11.1. The molecule has 0 fully saturated rings. The van der Waals surface area contributed by atoms with Crippen LogP contribution in [0.15, 0.2) is 23.2 Å². The molecule has 1 aromatic carbocycles. The maximum absolute atomic E-state index is 12.1. The van der Waals surface area contributed by atoms with Gasteiger partial charge in [-0.3, -0.25) is 9.59 Å². The number of amides is 2. The lowest BCUT2D eigenvalue weighted by atomic mass is 9.99. The van der Waals surface area contributed by atoms with E-state index in [0.29, 0.717) is 24.1 Å². The van der Waals surface area contributed by atoms with Crippen molar-refractivity contribution in [1.29, 1.82) is 0 Å². The van der Waals surface area contributed by atoms with Crippen molar-refractivity contribution < 1.29 is 14.3 Å². The Bertz CT molecular complexity index is 693. The summed E-state index contributed by atoms with van der Waals surface area (Å²) in [5.41, 5.74) is 0. The molecular weight excluding hydrogens is 292 g/mol. The van der Waals surface area contributed by atoms with Crippen LogP contribution in [0.5, 0.6) is 5.75 Å². The average Bonchev–Trinajstić information content (AvgIpc) is 2.56. The lowest BCUT2D eigenvalue weighted by molar-refractivity contribution is -0.125. The average molecular weight is 316 g/mol. The molecule has 1 N–H and O–H groups in total. The summed E-state index contributed by atoms with van der Waals surface area (Å²) in [5.74, 6) is 0.365. The number of ether oxygens (including phenoxy) is 1. The van der Waals surface area contributed by atoms with Crippen LogP contribution < -0.4 is 20.6 Å². The van der Waals surface area contributed by atoms with Crippen LogP contribution >= 0.6 is 0 Å². The van der Waals surface area contributed by atoms with Crippen molar-refractivity contribution in [2.75, 3.05) is 13.7 Å². The normalized spacial score (nSPS) is 16.3. The highest BCUT2D eigenvalue weighted by Crippen LogP contribution is 2.11. The Hall–Kier alpha value is -2.17.